The Balaban J connectivity index is 2.31. The summed E-state index contributed by atoms with van der Waals surface area (Å²) in [4.78, 5) is 14.9. The van der Waals surface area contributed by atoms with Gasteiger partial charge in [-0.25, -0.2) is 4.79 Å². The Kier molecular flexibility index (Phi) is 3.75. The van der Waals surface area contributed by atoms with Gasteiger partial charge < -0.3 is 10.6 Å². The number of rotatable bonds is 3. The molecule has 2 N–H and O–H groups in total. The normalized spacial score (nSPS) is 9.31. The Hall–Kier alpha value is -1.58. The molecule has 70 valence electrons. The topological polar surface area (TPSA) is 54.0 Å². The predicted molar refractivity (Wildman–Crippen MR) is 50.1 cm³/mol. The predicted octanol–water partition coefficient (Wildman–Crippen LogP) is 0.901. The van der Waals surface area contributed by atoms with Crippen molar-refractivity contribution >= 4 is 6.03 Å². The number of carbonyl (C=O) groups excluding carboxylic acids is 1. The molecule has 4 heteroatoms. The van der Waals surface area contributed by atoms with Crippen molar-refractivity contribution in [1.29, 1.82) is 0 Å². The highest BCUT2D eigenvalue weighted by atomic mass is 16.2. The van der Waals surface area contributed by atoms with Crippen molar-refractivity contribution in [3.63, 3.8) is 0 Å². The molecule has 0 aliphatic carbocycles. The van der Waals surface area contributed by atoms with Gasteiger partial charge in [0.2, 0.25) is 0 Å². The maximum Gasteiger partial charge on any atom is 0.315 e. The second-order valence-electron chi connectivity index (χ2n) is 2.57. The molecule has 1 aromatic heterocycles. The molecule has 0 bridgehead atoms. The summed E-state index contributed by atoms with van der Waals surface area (Å²) in [6.45, 7) is 3.03. The molecule has 1 rings (SSSR count). The number of amides is 2. The van der Waals surface area contributed by atoms with Crippen LogP contribution in [0, 0.1) is 0 Å². The fraction of sp³-hybridized carbons (Fsp3) is 0.333. The van der Waals surface area contributed by atoms with Gasteiger partial charge in [-0.05, 0) is 18.6 Å². The average molecular weight is 179 g/mol. The van der Waals surface area contributed by atoms with Gasteiger partial charge in [-0.2, -0.15) is 0 Å². The molecule has 0 aromatic carbocycles. The zero-order chi connectivity index (χ0) is 9.52. The van der Waals surface area contributed by atoms with Crippen molar-refractivity contribution in [3.05, 3.63) is 30.1 Å². The third-order valence-corrected chi connectivity index (χ3v) is 1.51. The summed E-state index contributed by atoms with van der Waals surface area (Å²) in [5.41, 5.74) is 0.994. The number of nitrogens with zero attached hydrogens (tertiary/aromatic N) is 1. The summed E-state index contributed by atoms with van der Waals surface area (Å²) >= 11 is 0. The minimum absolute atomic E-state index is 0.147. The van der Waals surface area contributed by atoms with Gasteiger partial charge in [0.1, 0.15) is 0 Å². The number of hydrogen-bond acceptors (Lipinski definition) is 2. The van der Waals surface area contributed by atoms with Crippen LogP contribution in [0.4, 0.5) is 4.79 Å². The molecular weight excluding hydrogens is 166 g/mol. The van der Waals surface area contributed by atoms with Crippen LogP contribution in [-0.2, 0) is 6.54 Å². The first kappa shape index (κ1) is 9.51. The first-order chi connectivity index (χ1) is 6.33. The molecule has 0 fully saturated rings. The van der Waals surface area contributed by atoms with Crippen molar-refractivity contribution in [1.82, 2.24) is 15.6 Å². The van der Waals surface area contributed by atoms with Crippen LogP contribution in [-0.4, -0.2) is 17.6 Å². The Morgan fingerprint density at radius 1 is 1.54 bits per heavy atom. The molecule has 1 heterocycles. The lowest BCUT2D eigenvalue weighted by atomic mass is 10.3. The first-order valence-corrected chi connectivity index (χ1v) is 4.23. The van der Waals surface area contributed by atoms with Gasteiger partial charge in [-0.1, -0.05) is 6.07 Å². The van der Waals surface area contributed by atoms with Crippen molar-refractivity contribution < 1.29 is 4.79 Å². The van der Waals surface area contributed by atoms with Crippen molar-refractivity contribution in [2.45, 2.75) is 13.5 Å². The molecule has 0 aliphatic heterocycles. The number of hydrogen-bond donors (Lipinski definition) is 2. The van der Waals surface area contributed by atoms with Crippen LogP contribution in [0.25, 0.3) is 0 Å². The summed E-state index contributed by atoms with van der Waals surface area (Å²) in [6, 6.07) is 3.61. The van der Waals surface area contributed by atoms with Crippen LogP contribution in [0.3, 0.4) is 0 Å². The molecule has 0 spiro atoms. The Morgan fingerprint density at radius 3 is 3.00 bits per heavy atom. The molecule has 0 unspecified atom stereocenters. The molecule has 0 aliphatic rings. The van der Waals surface area contributed by atoms with E-state index in [1.54, 1.807) is 12.4 Å². The minimum Gasteiger partial charge on any atom is -0.338 e. The zero-order valence-electron chi connectivity index (χ0n) is 7.58. The molecule has 1 aromatic rings. The Morgan fingerprint density at radius 2 is 2.38 bits per heavy atom. The van der Waals surface area contributed by atoms with E-state index in [1.807, 2.05) is 19.1 Å². The van der Waals surface area contributed by atoms with Crippen LogP contribution >= 0.6 is 0 Å². The molecule has 4 nitrogen and oxygen atoms in total. The van der Waals surface area contributed by atoms with E-state index in [0.29, 0.717) is 13.1 Å². The lowest BCUT2D eigenvalue weighted by molar-refractivity contribution is 0.241. The van der Waals surface area contributed by atoms with E-state index in [0.717, 1.165) is 5.56 Å². The van der Waals surface area contributed by atoms with Gasteiger partial charge in [0.25, 0.3) is 0 Å². The van der Waals surface area contributed by atoms with E-state index < -0.39 is 0 Å². The average Bonchev–Trinajstić information content (AvgIpc) is 2.17. The number of carbonyl (C=O) groups is 1. The molecular formula is C9H13N3O. The first-order valence-electron chi connectivity index (χ1n) is 4.23. The fourth-order valence-electron chi connectivity index (χ4n) is 0.908. The quantitative estimate of drug-likeness (QED) is 0.724. The SMILES string of the molecule is CCNC(=O)NCc1cccnc1. The van der Waals surface area contributed by atoms with Gasteiger partial charge in [0, 0.05) is 25.5 Å². The highest BCUT2D eigenvalue weighted by Gasteiger charge is 1.96. The molecule has 0 radical (unpaired) electrons. The zero-order valence-corrected chi connectivity index (χ0v) is 7.58. The maximum absolute atomic E-state index is 11.0. The summed E-state index contributed by atoms with van der Waals surface area (Å²) in [5, 5.41) is 5.36. The van der Waals surface area contributed by atoms with E-state index >= 15 is 0 Å². The van der Waals surface area contributed by atoms with Crippen molar-refractivity contribution in [2.24, 2.45) is 0 Å². The molecule has 0 atom stereocenters. The second kappa shape index (κ2) is 5.13. The standard InChI is InChI=1S/C9H13N3O/c1-2-11-9(13)12-7-8-4-3-5-10-6-8/h3-6H,2,7H2,1H3,(H2,11,12,13). The number of nitrogens with one attached hydrogen (secondary N) is 2. The number of pyridine rings is 1. The summed E-state index contributed by atoms with van der Waals surface area (Å²) < 4.78 is 0. The minimum atomic E-state index is -0.147. The highest BCUT2D eigenvalue weighted by molar-refractivity contribution is 5.73. The van der Waals surface area contributed by atoms with Crippen LogP contribution < -0.4 is 10.6 Å². The van der Waals surface area contributed by atoms with Gasteiger partial charge in [-0.15, -0.1) is 0 Å². The molecule has 2 amide bonds. The highest BCUT2D eigenvalue weighted by Crippen LogP contribution is 1.93. The van der Waals surface area contributed by atoms with Crippen molar-refractivity contribution in [2.75, 3.05) is 6.54 Å². The molecule has 0 saturated carbocycles. The van der Waals surface area contributed by atoms with Gasteiger partial charge in [0.15, 0.2) is 0 Å². The van der Waals surface area contributed by atoms with E-state index in [2.05, 4.69) is 15.6 Å². The Labute approximate surface area is 77.4 Å². The fourth-order valence-corrected chi connectivity index (χ4v) is 0.908. The van der Waals surface area contributed by atoms with Crippen LogP contribution in [0.5, 0.6) is 0 Å². The maximum atomic E-state index is 11.0. The summed E-state index contributed by atoms with van der Waals surface area (Å²) in [7, 11) is 0. The monoisotopic (exact) mass is 179 g/mol. The smallest absolute Gasteiger partial charge is 0.315 e. The molecule has 13 heavy (non-hydrogen) atoms. The van der Waals surface area contributed by atoms with Crippen LogP contribution in [0.1, 0.15) is 12.5 Å². The van der Waals surface area contributed by atoms with E-state index in [-0.39, 0.29) is 6.03 Å². The van der Waals surface area contributed by atoms with E-state index in [4.69, 9.17) is 0 Å². The lowest BCUT2D eigenvalue weighted by Gasteiger charge is -2.04. The van der Waals surface area contributed by atoms with Crippen molar-refractivity contribution in [3.8, 4) is 0 Å². The van der Waals surface area contributed by atoms with Crippen LogP contribution in [0.2, 0.25) is 0 Å². The van der Waals surface area contributed by atoms with Gasteiger partial charge >= 0.3 is 6.03 Å². The third kappa shape index (κ3) is 3.55. The molecule has 0 saturated heterocycles. The third-order valence-electron chi connectivity index (χ3n) is 1.51. The largest absolute Gasteiger partial charge is 0.338 e. The van der Waals surface area contributed by atoms with Gasteiger partial charge in [0.05, 0.1) is 0 Å². The second-order valence-corrected chi connectivity index (χ2v) is 2.57. The van der Waals surface area contributed by atoms with E-state index in [1.165, 1.54) is 0 Å². The number of aromatic nitrogens is 1. The lowest BCUT2D eigenvalue weighted by Crippen LogP contribution is -2.34. The van der Waals surface area contributed by atoms with Crippen LogP contribution in [0.15, 0.2) is 24.5 Å². The number of urea groups is 1. The Bertz CT molecular complexity index is 261. The van der Waals surface area contributed by atoms with E-state index in [9.17, 15) is 4.79 Å². The summed E-state index contributed by atoms with van der Waals surface area (Å²) in [6.07, 6.45) is 3.43. The summed E-state index contributed by atoms with van der Waals surface area (Å²) in [5.74, 6) is 0. The van der Waals surface area contributed by atoms with Gasteiger partial charge in [-0.3, -0.25) is 4.98 Å².